The third-order valence-corrected chi connectivity index (χ3v) is 4.94. The third kappa shape index (κ3) is 5.26. The van der Waals surface area contributed by atoms with E-state index in [1.54, 1.807) is 42.6 Å². The highest BCUT2D eigenvalue weighted by Crippen LogP contribution is 2.20. The highest BCUT2D eigenvalue weighted by molar-refractivity contribution is 6.08. The van der Waals surface area contributed by atoms with Crippen molar-refractivity contribution in [2.75, 3.05) is 6.61 Å². The number of carbonyl (C=O) groups is 2. The van der Waals surface area contributed by atoms with E-state index in [-0.39, 0.29) is 24.3 Å². The van der Waals surface area contributed by atoms with E-state index in [0.717, 1.165) is 11.3 Å². The van der Waals surface area contributed by atoms with Crippen LogP contribution in [0.2, 0.25) is 0 Å². The molecule has 1 atom stereocenters. The Morgan fingerprint density at radius 2 is 1.38 bits per heavy atom. The first-order valence-electron chi connectivity index (χ1n) is 10.3. The number of amides is 1. The van der Waals surface area contributed by atoms with Gasteiger partial charge in [0.15, 0.2) is 12.4 Å². The molecule has 0 aliphatic heterocycles. The van der Waals surface area contributed by atoms with Gasteiger partial charge in [0, 0.05) is 17.3 Å². The molecule has 32 heavy (non-hydrogen) atoms. The molecule has 1 amide bonds. The van der Waals surface area contributed by atoms with Crippen LogP contribution in [-0.2, 0) is 4.79 Å². The molecule has 5 heteroatoms. The number of benzene rings is 3. The second-order valence-corrected chi connectivity index (χ2v) is 7.17. The molecule has 4 rings (SSSR count). The molecule has 0 aliphatic rings. The first-order chi connectivity index (χ1) is 15.7. The van der Waals surface area contributed by atoms with Crippen molar-refractivity contribution in [2.24, 2.45) is 0 Å². The van der Waals surface area contributed by atoms with Crippen molar-refractivity contribution in [3.63, 3.8) is 0 Å². The van der Waals surface area contributed by atoms with E-state index in [0.29, 0.717) is 16.9 Å². The van der Waals surface area contributed by atoms with Crippen LogP contribution in [0.4, 0.5) is 0 Å². The van der Waals surface area contributed by atoms with E-state index >= 15 is 0 Å². The summed E-state index contributed by atoms with van der Waals surface area (Å²) >= 11 is 0. The predicted octanol–water partition coefficient (Wildman–Crippen LogP) is 4.60. The maximum absolute atomic E-state index is 12.6. The second kappa shape index (κ2) is 10.2. The van der Waals surface area contributed by atoms with Gasteiger partial charge in [0.2, 0.25) is 0 Å². The third-order valence-electron chi connectivity index (χ3n) is 4.94. The topological polar surface area (TPSA) is 68.3 Å². The van der Waals surface area contributed by atoms with E-state index in [1.807, 2.05) is 66.7 Å². The first-order valence-corrected chi connectivity index (χ1v) is 10.3. The number of ether oxygens (including phenoxy) is 1. The molecule has 0 fully saturated rings. The lowest BCUT2D eigenvalue weighted by Crippen LogP contribution is -2.33. The minimum absolute atomic E-state index is 0.0593. The molecule has 0 saturated carbocycles. The zero-order chi connectivity index (χ0) is 22.2. The number of ketones is 1. The zero-order valence-electron chi connectivity index (χ0n) is 17.3. The molecule has 0 spiro atoms. The predicted molar refractivity (Wildman–Crippen MR) is 122 cm³/mol. The van der Waals surface area contributed by atoms with Crippen LogP contribution in [0.15, 0.2) is 109 Å². The van der Waals surface area contributed by atoms with Gasteiger partial charge in [-0.25, -0.2) is 0 Å². The van der Waals surface area contributed by atoms with Crippen LogP contribution in [0.25, 0.3) is 0 Å². The van der Waals surface area contributed by atoms with Crippen LogP contribution in [0, 0.1) is 0 Å². The Bertz CT molecular complexity index is 1120. The molecule has 0 aliphatic carbocycles. The number of hydrogen-bond acceptors (Lipinski definition) is 4. The SMILES string of the molecule is O=C(COc1ccc(C(=O)c2ccccc2)cc1)NC(c1ccccc1)c1ccccn1. The molecule has 1 heterocycles. The van der Waals surface area contributed by atoms with Crippen molar-refractivity contribution in [1.29, 1.82) is 0 Å². The van der Waals surface area contributed by atoms with Gasteiger partial charge in [-0.1, -0.05) is 66.7 Å². The van der Waals surface area contributed by atoms with Crippen molar-refractivity contribution in [3.8, 4) is 5.75 Å². The molecule has 4 aromatic rings. The van der Waals surface area contributed by atoms with Gasteiger partial charge < -0.3 is 10.1 Å². The molecule has 0 bridgehead atoms. The zero-order valence-corrected chi connectivity index (χ0v) is 17.3. The van der Waals surface area contributed by atoms with Gasteiger partial charge in [-0.3, -0.25) is 14.6 Å². The van der Waals surface area contributed by atoms with Crippen molar-refractivity contribution in [2.45, 2.75) is 6.04 Å². The van der Waals surface area contributed by atoms with Crippen molar-refractivity contribution < 1.29 is 14.3 Å². The molecular weight excluding hydrogens is 400 g/mol. The minimum atomic E-state index is -0.376. The van der Waals surface area contributed by atoms with Gasteiger partial charge in [-0.05, 0) is 42.0 Å². The number of hydrogen-bond donors (Lipinski definition) is 1. The lowest BCUT2D eigenvalue weighted by Gasteiger charge is -2.19. The van der Waals surface area contributed by atoms with E-state index in [4.69, 9.17) is 4.74 Å². The smallest absolute Gasteiger partial charge is 0.258 e. The van der Waals surface area contributed by atoms with Gasteiger partial charge >= 0.3 is 0 Å². The maximum atomic E-state index is 12.6. The summed E-state index contributed by atoms with van der Waals surface area (Å²) in [4.78, 5) is 29.5. The number of rotatable bonds is 8. The molecule has 0 saturated heterocycles. The van der Waals surface area contributed by atoms with Crippen LogP contribution in [0.1, 0.15) is 33.2 Å². The summed E-state index contributed by atoms with van der Waals surface area (Å²) in [5.41, 5.74) is 2.87. The molecule has 0 radical (unpaired) electrons. The summed E-state index contributed by atoms with van der Waals surface area (Å²) in [6.45, 7) is -0.151. The molecule has 158 valence electrons. The molecule has 3 aromatic carbocycles. The average molecular weight is 422 g/mol. The Kier molecular flexibility index (Phi) is 6.68. The maximum Gasteiger partial charge on any atom is 0.258 e. The Morgan fingerprint density at radius 1 is 0.750 bits per heavy atom. The first kappa shape index (κ1) is 21.0. The number of nitrogens with one attached hydrogen (secondary N) is 1. The highest BCUT2D eigenvalue weighted by Gasteiger charge is 2.18. The van der Waals surface area contributed by atoms with Gasteiger partial charge in [0.05, 0.1) is 11.7 Å². The van der Waals surface area contributed by atoms with Crippen LogP contribution in [-0.4, -0.2) is 23.3 Å². The quantitative estimate of drug-likeness (QED) is 0.422. The normalized spacial score (nSPS) is 11.4. The number of aromatic nitrogens is 1. The molecular formula is C27H22N2O3. The van der Waals surface area contributed by atoms with Gasteiger partial charge in [0.25, 0.3) is 5.91 Å². The Hall–Kier alpha value is -4.25. The summed E-state index contributed by atoms with van der Waals surface area (Å²) in [5.74, 6) is 0.184. The summed E-state index contributed by atoms with van der Waals surface area (Å²) < 4.78 is 5.64. The number of carbonyl (C=O) groups excluding carboxylic acids is 2. The lowest BCUT2D eigenvalue weighted by atomic mass is 10.0. The summed E-state index contributed by atoms with van der Waals surface area (Å²) in [7, 11) is 0. The van der Waals surface area contributed by atoms with Crippen LogP contribution >= 0.6 is 0 Å². The molecule has 1 aromatic heterocycles. The largest absolute Gasteiger partial charge is 0.484 e. The summed E-state index contributed by atoms with van der Waals surface area (Å²) in [6, 6.07) is 30.8. The van der Waals surface area contributed by atoms with Gasteiger partial charge in [0.1, 0.15) is 5.75 Å². The average Bonchev–Trinajstić information content (AvgIpc) is 2.87. The standard InChI is InChI=1S/C27H22N2O3/c30-25(29-26(20-9-3-1-4-10-20)24-13-7-8-18-28-24)19-32-23-16-14-22(15-17-23)27(31)21-11-5-2-6-12-21/h1-18,26H,19H2,(H,29,30). The van der Waals surface area contributed by atoms with E-state index in [1.165, 1.54) is 0 Å². The Morgan fingerprint density at radius 3 is 2.03 bits per heavy atom. The fraction of sp³-hybridized carbons (Fsp3) is 0.0741. The monoisotopic (exact) mass is 422 g/mol. The second-order valence-electron chi connectivity index (χ2n) is 7.17. The van der Waals surface area contributed by atoms with Crippen LogP contribution in [0.5, 0.6) is 5.75 Å². The number of pyridine rings is 1. The van der Waals surface area contributed by atoms with Crippen molar-refractivity contribution in [3.05, 3.63) is 132 Å². The fourth-order valence-electron chi connectivity index (χ4n) is 3.33. The highest BCUT2D eigenvalue weighted by atomic mass is 16.5. The van der Waals surface area contributed by atoms with Crippen LogP contribution < -0.4 is 10.1 Å². The van der Waals surface area contributed by atoms with Gasteiger partial charge in [-0.2, -0.15) is 0 Å². The van der Waals surface area contributed by atoms with E-state index < -0.39 is 0 Å². The fourth-order valence-corrected chi connectivity index (χ4v) is 3.33. The Balaban J connectivity index is 1.39. The molecule has 1 unspecified atom stereocenters. The van der Waals surface area contributed by atoms with Gasteiger partial charge in [-0.15, -0.1) is 0 Å². The van der Waals surface area contributed by atoms with Crippen molar-refractivity contribution >= 4 is 11.7 Å². The van der Waals surface area contributed by atoms with Crippen LogP contribution in [0.3, 0.4) is 0 Å². The Labute approximate surface area is 186 Å². The summed E-state index contributed by atoms with van der Waals surface area (Å²) in [6.07, 6.45) is 1.70. The lowest BCUT2D eigenvalue weighted by molar-refractivity contribution is -0.123. The van der Waals surface area contributed by atoms with Crippen molar-refractivity contribution in [1.82, 2.24) is 10.3 Å². The molecule has 5 nitrogen and oxygen atoms in total. The minimum Gasteiger partial charge on any atom is -0.484 e. The van der Waals surface area contributed by atoms with E-state index in [9.17, 15) is 9.59 Å². The number of nitrogens with zero attached hydrogens (tertiary/aromatic N) is 1. The van der Waals surface area contributed by atoms with E-state index in [2.05, 4.69) is 10.3 Å². The summed E-state index contributed by atoms with van der Waals surface area (Å²) in [5, 5.41) is 2.99. The molecule has 1 N–H and O–H groups in total.